The first-order chi connectivity index (χ1) is 4.35. The normalized spacial score (nSPS) is 10.7. The third kappa shape index (κ3) is 4.43. The van der Waals surface area contributed by atoms with Gasteiger partial charge in [0.1, 0.15) is 0 Å². The molecule has 0 radical (unpaired) electrons. The van der Waals surface area contributed by atoms with Crippen LogP contribution in [0.3, 0.4) is 0 Å². The second-order valence-corrected chi connectivity index (χ2v) is 2.10. The molecule has 0 aliphatic rings. The number of hydrogen-bond acceptors (Lipinski definition) is 2. The second-order valence-electron chi connectivity index (χ2n) is 2.10. The van der Waals surface area contributed by atoms with Gasteiger partial charge in [-0.25, -0.2) is 0 Å². The van der Waals surface area contributed by atoms with E-state index in [0.717, 1.165) is 12.8 Å². The van der Waals surface area contributed by atoms with E-state index in [1.165, 1.54) is 0 Å². The minimum absolute atomic E-state index is 0.425. The van der Waals surface area contributed by atoms with Crippen LogP contribution < -0.4 is 5.73 Å². The van der Waals surface area contributed by atoms with Crippen LogP contribution in [-0.2, 0) is 4.74 Å². The second kappa shape index (κ2) is 6.05. The van der Waals surface area contributed by atoms with E-state index in [2.05, 4.69) is 13.8 Å². The van der Waals surface area contributed by atoms with E-state index in [9.17, 15) is 0 Å². The van der Waals surface area contributed by atoms with E-state index in [-0.39, 0.29) is 0 Å². The van der Waals surface area contributed by atoms with Gasteiger partial charge in [0, 0.05) is 6.54 Å². The molecule has 2 nitrogen and oxygen atoms in total. The molecule has 0 aliphatic heterocycles. The molecule has 0 amide bonds. The fraction of sp³-hybridized carbons (Fsp3) is 1.00. The number of ether oxygens (including phenoxy) is 1. The highest BCUT2D eigenvalue weighted by Gasteiger charge is 1.99. The molecule has 0 bridgehead atoms. The van der Waals surface area contributed by atoms with Crippen molar-refractivity contribution in [1.29, 1.82) is 0 Å². The molecule has 0 atom stereocenters. The van der Waals surface area contributed by atoms with Crippen LogP contribution in [0.5, 0.6) is 0 Å². The van der Waals surface area contributed by atoms with Gasteiger partial charge < -0.3 is 10.5 Å². The first-order valence-electron chi connectivity index (χ1n) is 3.66. The predicted octanol–water partition coefficient (Wildman–Crippen LogP) is 1.15. The van der Waals surface area contributed by atoms with Crippen LogP contribution in [0, 0.1) is 0 Å². The molecule has 0 aromatic carbocycles. The van der Waals surface area contributed by atoms with Gasteiger partial charge >= 0.3 is 0 Å². The lowest BCUT2D eigenvalue weighted by molar-refractivity contribution is 0.0537. The Kier molecular flexibility index (Phi) is 5.99. The maximum atomic E-state index is 5.36. The maximum Gasteiger partial charge on any atom is 0.0592 e. The van der Waals surface area contributed by atoms with Crippen LogP contribution in [-0.4, -0.2) is 19.3 Å². The van der Waals surface area contributed by atoms with E-state index in [1.54, 1.807) is 0 Å². The first kappa shape index (κ1) is 8.92. The van der Waals surface area contributed by atoms with Crippen LogP contribution in [0.25, 0.3) is 0 Å². The Morgan fingerprint density at radius 1 is 1.33 bits per heavy atom. The third-order valence-corrected chi connectivity index (χ3v) is 1.38. The van der Waals surface area contributed by atoms with Crippen molar-refractivity contribution < 1.29 is 4.74 Å². The fourth-order valence-corrected chi connectivity index (χ4v) is 0.759. The summed E-state index contributed by atoms with van der Waals surface area (Å²) in [6.07, 6.45) is 2.61. The molecule has 0 saturated heterocycles. The van der Waals surface area contributed by atoms with Crippen molar-refractivity contribution in [3.05, 3.63) is 0 Å². The van der Waals surface area contributed by atoms with Crippen LogP contribution in [0.4, 0.5) is 0 Å². The maximum absolute atomic E-state index is 5.36. The summed E-state index contributed by atoms with van der Waals surface area (Å²) >= 11 is 0. The van der Waals surface area contributed by atoms with Gasteiger partial charge in [-0.1, -0.05) is 13.8 Å². The molecule has 56 valence electrons. The highest BCUT2D eigenvalue weighted by atomic mass is 16.5. The van der Waals surface area contributed by atoms with Crippen molar-refractivity contribution in [3.8, 4) is 0 Å². The van der Waals surface area contributed by atoms with Gasteiger partial charge in [-0.2, -0.15) is 0 Å². The Morgan fingerprint density at radius 3 is 2.22 bits per heavy atom. The van der Waals surface area contributed by atoms with Crippen LogP contribution in [0.2, 0.25) is 0 Å². The zero-order valence-corrected chi connectivity index (χ0v) is 6.39. The predicted molar refractivity (Wildman–Crippen MR) is 39.4 cm³/mol. The van der Waals surface area contributed by atoms with Crippen molar-refractivity contribution in [2.75, 3.05) is 13.2 Å². The van der Waals surface area contributed by atoms with Gasteiger partial charge in [0.05, 0.1) is 12.7 Å². The molecule has 2 N–H and O–H groups in total. The summed E-state index contributed by atoms with van der Waals surface area (Å²) in [6, 6.07) is 0. The molecule has 0 aliphatic carbocycles. The molecule has 2 heteroatoms. The monoisotopic (exact) mass is 131 g/mol. The summed E-state index contributed by atoms with van der Waals surface area (Å²) in [4.78, 5) is 0. The smallest absolute Gasteiger partial charge is 0.0592 e. The van der Waals surface area contributed by atoms with Crippen molar-refractivity contribution in [3.63, 3.8) is 0 Å². The summed E-state index contributed by atoms with van der Waals surface area (Å²) < 4.78 is 5.36. The van der Waals surface area contributed by atoms with Gasteiger partial charge in [0.15, 0.2) is 0 Å². The van der Waals surface area contributed by atoms with Crippen molar-refractivity contribution in [2.24, 2.45) is 5.73 Å². The Labute approximate surface area is 57.4 Å². The lowest BCUT2D eigenvalue weighted by atomic mass is 10.2. The van der Waals surface area contributed by atoms with E-state index >= 15 is 0 Å². The summed E-state index contributed by atoms with van der Waals surface area (Å²) in [6.45, 7) is 5.60. The number of rotatable bonds is 5. The first-order valence-corrected chi connectivity index (χ1v) is 3.66. The lowest BCUT2D eigenvalue weighted by Gasteiger charge is -2.11. The van der Waals surface area contributed by atoms with E-state index in [1.807, 2.05) is 0 Å². The molecule has 0 aromatic rings. The third-order valence-electron chi connectivity index (χ3n) is 1.38. The highest BCUT2D eigenvalue weighted by Crippen LogP contribution is 2.00. The minimum Gasteiger partial charge on any atom is -0.377 e. The average molecular weight is 131 g/mol. The lowest BCUT2D eigenvalue weighted by Crippen LogP contribution is -2.16. The van der Waals surface area contributed by atoms with Gasteiger partial charge in [0.2, 0.25) is 0 Å². The summed E-state index contributed by atoms with van der Waals surface area (Å²) in [5.74, 6) is 0. The molecular weight excluding hydrogens is 114 g/mol. The molecule has 0 fully saturated rings. The Hall–Kier alpha value is -0.0800. The van der Waals surface area contributed by atoms with Crippen molar-refractivity contribution >= 4 is 0 Å². The molecule has 0 spiro atoms. The SMILES string of the molecule is CCC(CC)OCCN. The Bertz CT molecular complexity index is 52.9. The molecular formula is C7H17NO. The number of hydrogen-bond donors (Lipinski definition) is 1. The van der Waals surface area contributed by atoms with Gasteiger partial charge in [0.25, 0.3) is 0 Å². The van der Waals surface area contributed by atoms with Crippen molar-refractivity contribution in [1.82, 2.24) is 0 Å². The van der Waals surface area contributed by atoms with E-state index in [0.29, 0.717) is 19.3 Å². The highest BCUT2D eigenvalue weighted by molar-refractivity contribution is 4.50. The van der Waals surface area contributed by atoms with Crippen LogP contribution in [0.15, 0.2) is 0 Å². The molecule has 0 aromatic heterocycles. The number of nitrogens with two attached hydrogens (primary N) is 1. The molecule has 0 saturated carbocycles. The summed E-state index contributed by atoms with van der Waals surface area (Å²) in [7, 11) is 0. The van der Waals surface area contributed by atoms with Crippen LogP contribution in [0.1, 0.15) is 26.7 Å². The van der Waals surface area contributed by atoms with Gasteiger partial charge in [-0.05, 0) is 12.8 Å². The molecule has 9 heavy (non-hydrogen) atoms. The Balaban J connectivity index is 3.09. The zero-order valence-electron chi connectivity index (χ0n) is 6.39. The fourth-order valence-electron chi connectivity index (χ4n) is 0.759. The van der Waals surface area contributed by atoms with E-state index in [4.69, 9.17) is 10.5 Å². The largest absolute Gasteiger partial charge is 0.377 e. The minimum atomic E-state index is 0.425. The average Bonchev–Trinajstić information content (AvgIpc) is 1.91. The summed E-state index contributed by atoms with van der Waals surface area (Å²) in [5, 5.41) is 0. The van der Waals surface area contributed by atoms with Crippen LogP contribution >= 0.6 is 0 Å². The van der Waals surface area contributed by atoms with Gasteiger partial charge in [-0.15, -0.1) is 0 Å². The summed E-state index contributed by atoms with van der Waals surface area (Å²) in [5.41, 5.74) is 5.26. The molecule has 0 unspecified atom stereocenters. The van der Waals surface area contributed by atoms with E-state index < -0.39 is 0 Å². The zero-order chi connectivity index (χ0) is 7.11. The van der Waals surface area contributed by atoms with Crippen molar-refractivity contribution in [2.45, 2.75) is 32.8 Å². The molecule has 0 heterocycles. The topological polar surface area (TPSA) is 35.2 Å². The Morgan fingerprint density at radius 2 is 1.89 bits per heavy atom. The van der Waals surface area contributed by atoms with Gasteiger partial charge in [-0.3, -0.25) is 0 Å². The quantitative estimate of drug-likeness (QED) is 0.607. The molecule has 0 rings (SSSR count). The standard InChI is InChI=1S/C7H17NO/c1-3-7(4-2)9-6-5-8/h7H,3-6,8H2,1-2H3.